The maximum atomic E-state index is 6.11. The van der Waals surface area contributed by atoms with Crippen molar-refractivity contribution in [2.24, 2.45) is 5.92 Å². The lowest BCUT2D eigenvalue weighted by Gasteiger charge is -2.36. The van der Waals surface area contributed by atoms with E-state index in [1.54, 1.807) is 0 Å². The van der Waals surface area contributed by atoms with E-state index in [0.29, 0.717) is 12.0 Å². The van der Waals surface area contributed by atoms with Crippen LogP contribution in [0.1, 0.15) is 42.2 Å². The molecule has 2 nitrogen and oxygen atoms in total. The molecule has 1 fully saturated rings. The molecular weight excluding hydrogens is 338 g/mol. The summed E-state index contributed by atoms with van der Waals surface area (Å²) >= 11 is 3.52. The number of aryl methyl sites for hydroxylation is 1. The molecule has 22 heavy (non-hydrogen) atoms. The molecule has 0 radical (unpaired) electrons. The van der Waals surface area contributed by atoms with Gasteiger partial charge in [0, 0.05) is 28.2 Å². The van der Waals surface area contributed by atoms with Gasteiger partial charge in [-0.25, -0.2) is 0 Å². The van der Waals surface area contributed by atoms with E-state index in [-0.39, 0.29) is 6.10 Å². The minimum atomic E-state index is 0.233. The van der Waals surface area contributed by atoms with Crippen LogP contribution in [-0.2, 0) is 11.2 Å². The standard InChI is InChI=1S/C19H20BrNO/c1-2-12-3-8-17-16(11-12)19-15(9-10-22-19)18(21-17)13-4-6-14(20)7-5-13/h3-8,11,15,18-19,21H,2,9-10H2,1H3/t15-,18?,19-/m0/s1. The second-order valence-corrected chi connectivity index (χ2v) is 7.11. The van der Waals surface area contributed by atoms with Gasteiger partial charge in [-0.05, 0) is 42.2 Å². The van der Waals surface area contributed by atoms with Gasteiger partial charge in [-0.3, -0.25) is 0 Å². The first kappa shape index (κ1) is 14.3. The number of nitrogens with one attached hydrogen (secondary N) is 1. The van der Waals surface area contributed by atoms with Gasteiger partial charge in [0.2, 0.25) is 0 Å². The molecule has 3 atom stereocenters. The van der Waals surface area contributed by atoms with Crippen LogP contribution in [0.4, 0.5) is 5.69 Å². The van der Waals surface area contributed by atoms with Gasteiger partial charge < -0.3 is 10.1 Å². The number of rotatable bonds is 2. The number of benzene rings is 2. The fourth-order valence-electron chi connectivity index (χ4n) is 3.74. The Balaban J connectivity index is 1.75. The van der Waals surface area contributed by atoms with E-state index in [2.05, 4.69) is 70.6 Å². The summed E-state index contributed by atoms with van der Waals surface area (Å²) < 4.78 is 7.23. The van der Waals surface area contributed by atoms with Crippen LogP contribution in [0.25, 0.3) is 0 Å². The van der Waals surface area contributed by atoms with Gasteiger partial charge >= 0.3 is 0 Å². The van der Waals surface area contributed by atoms with E-state index in [9.17, 15) is 0 Å². The van der Waals surface area contributed by atoms with Crippen LogP contribution in [0.2, 0.25) is 0 Å². The van der Waals surface area contributed by atoms with Crippen LogP contribution in [0, 0.1) is 5.92 Å². The highest BCUT2D eigenvalue weighted by molar-refractivity contribution is 9.10. The second kappa shape index (κ2) is 5.71. The predicted octanol–water partition coefficient (Wildman–Crippen LogP) is 5.26. The van der Waals surface area contributed by atoms with Gasteiger partial charge in [0.25, 0.3) is 0 Å². The summed E-state index contributed by atoms with van der Waals surface area (Å²) in [6.45, 7) is 3.06. The van der Waals surface area contributed by atoms with Crippen LogP contribution < -0.4 is 5.32 Å². The average Bonchev–Trinajstić information content (AvgIpc) is 3.04. The molecule has 2 aromatic rings. The van der Waals surface area contributed by atoms with Gasteiger partial charge in [0.15, 0.2) is 0 Å². The maximum absolute atomic E-state index is 6.11. The summed E-state index contributed by atoms with van der Waals surface area (Å²) in [6, 6.07) is 15.8. The molecule has 2 aromatic carbocycles. The van der Waals surface area contributed by atoms with E-state index in [1.807, 2.05) is 0 Å². The Labute approximate surface area is 140 Å². The summed E-state index contributed by atoms with van der Waals surface area (Å²) in [4.78, 5) is 0. The Bertz CT molecular complexity index is 682. The Morgan fingerprint density at radius 3 is 2.77 bits per heavy atom. The van der Waals surface area contributed by atoms with Crippen molar-refractivity contribution in [3.8, 4) is 0 Å². The van der Waals surface area contributed by atoms with Gasteiger partial charge in [-0.15, -0.1) is 0 Å². The second-order valence-electron chi connectivity index (χ2n) is 6.19. The normalized spacial score (nSPS) is 26.2. The van der Waals surface area contributed by atoms with Crippen molar-refractivity contribution >= 4 is 21.6 Å². The number of fused-ring (bicyclic) bond motifs is 3. The minimum Gasteiger partial charge on any atom is -0.378 e. The van der Waals surface area contributed by atoms with Crippen molar-refractivity contribution in [2.45, 2.75) is 31.9 Å². The molecule has 2 aliphatic heterocycles. The number of hydrogen-bond acceptors (Lipinski definition) is 2. The van der Waals surface area contributed by atoms with Crippen molar-refractivity contribution in [3.63, 3.8) is 0 Å². The van der Waals surface area contributed by atoms with E-state index in [4.69, 9.17) is 4.74 Å². The molecule has 0 aromatic heterocycles. The predicted molar refractivity (Wildman–Crippen MR) is 93.1 cm³/mol. The molecule has 1 saturated heterocycles. The fourth-order valence-corrected chi connectivity index (χ4v) is 4.01. The van der Waals surface area contributed by atoms with Crippen molar-refractivity contribution in [1.29, 1.82) is 0 Å². The molecule has 2 heterocycles. The highest BCUT2D eigenvalue weighted by atomic mass is 79.9. The largest absolute Gasteiger partial charge is 0.378 e. The summed E-state index contributed by atoms with van der Waals surface area (Å²) in [7, 11) is 0. The first-order valence-electron chi connectivity index (χ1n) is 8.02. The fraction of sp³-hybridized carbons (Fsp3) is 0.368. The number of hydrogen-bond donors (Lipinski definition) is 1. The topological polar surface area (TPSA) is 21.3 Å². The monoisotopic (exact) mass is 357 g/mol. The van der Waals surface area contributed by atoms with Crippen molar-refractivity contribution in [2.75, 3.05) is 11.9 Å². The van der Waals surface area contributed by atoms with Crippen LogP contribution in [0.15, 0.2) is 46.9 Å². The van der Waals surface area contributed by atoms with Gasteiger partial charge in [0.1, 0.15) is 0 Å². The molecule has 0 saturated carbocycles. The molecule has 0 aliphatic carbocycles. The summed E-state index contributed by atoms with van der Waals surface area (Å²) in [5.74, 6) is 0.515. The highest BCUT2D eigenvalue weighted by Crippen LogP contribution is 2.50. The van der Waals surface area contributed by atoms with Crippen molar-refractivity contribution in [1.82, 2.24) is 0 Å². The number of anilines is 1. The molecule has 3 heteroatoms. The molecule has 2 aliphatic rings. The lowest BCUT2D eigenvalue weighted by Crippen LogP contribution is -2.29. The van der Waals surface area contributed by atoms with E-state index in [1.165, 1.54) is 22.4 Å². The van der Waals surface area contributed by atoms with Gasteiger partial charge in [0.05, 0.1) is 12.1 Å². The molecule has 4 rings (SSSR count). The Morgan fingerprint density at radius 2 is 2.00 bits per heavy atom. The van der Waals surface area contributed by atoms with Crippen LogP contribution in [-0.4, -0.2) is 6.61 Å². The third kappa shape index (κ3) is 2.37. The Hall–Kier alpha value is -1.32. The van der Waals surface area contributed by atoms with Gasteiger partial charge in [-0.2, -0.15) is 0 Å². The third-order valence-electron chi connectivity index (χ3n) is 4.94. The van der Waals surface area contributed by atoms with Crippen LogP contribution in [0.5, 0.6) is 0 Å². The smallest absolute Gasteiger partial charge is 0.0896 e. The molecular formula is C19H20BrNO. The number of halogens is 1. The quantitative estimate of drug-likeness (QED) is 0.791. The average molecular weight is 358 g/mol. The van der Waals surface area contributed by atoms with E-state index < -0.39 is 0 Å². The Morgan fingerprint density at radius 1 is 1.18 bits per heavy atom. The zero-order chi connectivity index (χ0) is 15.1. The first-order chi connectivity index (χ1) is 10.8. The zero-order valence-electron chi connectivity index (χ0n) is 12.7. The van der Waals surface area contributed by atoms with Crippen LogP contribution >= 0.6 is 15.9 Å². The molecule has 0 amide bonds. The summed E-state index contributed by atoms with van der Waals surface area (Å²) in [5, 5.41) is 3.76. The zero-order valence-corrected chi connectivity index (χ0v) is 14.3. The van der Waals surface area contributed by atoms with Crippen LogP contribution in [0.3, 0.4) is 0 Å². The van der Waals surface area contributed by atoms with Crippen molar-refractivity contribution in [3.05, 3.63) is 63.6 Å². The van der Waals surface area contributed by atoms with E-state index in [0.717, 1.165) is 23.9 Å². The maximum Gasteiger partial charge on any atom is 0.0896 e. The highest BCUT2D eigenvalue weighted by Gasteiger charge is 2.41. The molecule has 114 valence electrons. The third-order valence-corrected chi connectivity index (χ3v) is 5.47. The molecule has 1 N–H and O–H groups in total. The van der Waals surface area contributed by atoms with Gasteiger partial charge in [-0.1, -0.05) is 47.1 Å². The Kier molecular flexibility index (Phi) is 3.71. The summed E-state index contributed by atoms with van der Waals surface area (Å²) in [5.41, 5.74) is 5.30. The SMILES string of the molecule is CCc1ccc2c(c1)[C@H]1OCC[C@H]1C(c1ccc(Br)cc1)N2. The lowest BCUT2D eigenvalue weighted by atomic mass is 9.80. The molecule has 0 spiro atoms. The number of ether oxygens (including phenoxy) is 1. The van der Waals surface area contributed by atoms with Crippen molar-refractivity contribution < 1.29 is 4.74 Å². The molecule has 1 unspecified atom stereocenters. The minimum absolute atomic E-state index is 0.233. The summed E-state index contributed by atoms with van der Waals surface area (Å²) in [6.07, 6.45) is 2.42. The van der Waals surface area contributed by atoms with E-state index >= 15 is 0 Å². The lowest BCUT2D eigenvalue weighted by molar-refractivity contribution is 0.0829. The molecule has 0 bridgehead atoms. The first-order valence-corrected chi connectivity index (χ1v) is 8.82.